The van der Waals surface area contributed by atoms with Gasteiger partial charge in [0.25, 0.3) is 0 Å². The van der Waals surface area contributed by atoms with Gasteiger partial charge in [0.15, 0.2) is 11.6 Å². The van der Waals surface area contributed by atoms with Gasteiger partial charge in [0.2, 0.25) is 5.91 Å². The van der Waals surface area contributed by atoms with Crippen LogP contribution in [0, 0.1) is 11.7 Å². The number of halogens is 2. The zero-order chi connectivity index (χ0) is 15.0. The lowest BCUT2D eigenvalue weighted by atomic mass is 10.0. The van der Waals surface area contributed by atoms with Gasteiger partial charge in [-0.2, -0.15) is 0 Å². The smallest absolute Gasteiger partial charge is 0.223 e. The highest BCUT2D eigenvalue weighted by Crippen LogP contribution is 2.15. The lowest BCUT2D eigenvalue weighted by Crippen LogP contribution is -2.41. The fourth-order valence-electron chi connectivity index (χ4n) is 1.90. The number of benzene rings is 1. The van der Waals surface area contributed by atoms with E-state index < -0.39 is 5.82 Å². The third-order valence-corrected chi connectivity index (χ3v) is 2.83. The number of amides is 1. The number of hydrogen-bond donors (Lipinski definition) is 2. The van der Waals surface area contributed by atoms with E-state index in [1.165, 1.54) is 12.1 Å². The Kier molecular flexibility index (Phi) is 9.75. The van der Waals surface area contributed by atoms with Crippen LogP contribution >= 0.6 is 12.4 Å². The summed E-state index contributed by atoms with van der Waals surface area (Å²) >= 11 is 0. The van der Waals surface area contributed by atoms with Gasteiger partial charge in [-0.1, -0.05) is 26.0 Å². The van der Waals surface area contributed by atoms with E-state index in [9.17, 15) is 9.18 Å². The topological polar surface area (TPSA) is 64.3 Å². The lowest BCUT2D eigenvalue weighted by molar-refractivity contribution is -0.122. The van der Waals surface area contributed by atoms with Crippen molar-refractivity contribution in [2.45, 2.75) is 32.7 Å². The Morgan fingerprint density at radius 3 is 2.62 bits per heavy atom. The van der Waals surface area contributed by atoms with Crippen LogP contribution in [0.25, 0.3) is 0 Å². The number of hydrogen-bond acceptors (Lipinski definition) is 3. The van der Waals surface area contributed by atoms with Crippen LogP contribution in [-0.4, -0.2) is 25.1 Å². The molecule has 21 heavy (non-hydrogen) atoms. The Bertz CT molecular complexity index is 430. The van der Waals surface area contributed by atoms with Crippen LogP contribution in [-0.2, 0) is 4.79 Å². The molecule has 0 aliphatic heterocycles. The van der Waals surface area contributed by atoms with E-state index in [1.54, 1.807) is 12.1 Å². The first-order valence-corrected chi connectivity index (χ1v) is 6.89. The minimum Gasteiger partial charge on any atom is -0.490 e. The monoisotopic (exact) mass is 318 g/mol. The normalized spacial score (nSPS) is 11.7. The summed E-state index contributed by atoms with van der Waals surface area (Å²) in [7, 11) is 0. The van der Waals surface area contributed by atoms with E-state index in [4.69, 9.17) is 10.5 Å². The molecule has 0 spiro atoms. The molecule has 1 aromatic rings. The average Bonchev–Trinajstić information content (AvgIpc) is 2.39. The second kappa shape index (κ2) is 10.4. The highest BCUT2D eigenvalue weighted by atomic mass is 35.5. The first-order valence-electron chi connectivity index (χ1n) is 6.89. The fourth-order valence-corrected chi connectivity index (χ4v) is 1.90. The molecule has 0 aromatic heterocycles. The molecule has 6 heteroatoms. The van der Waals surface area contributed by atoms with Crippen molar-refractivity contribution in [2.24, 2.45) is 11.7 Å². The van der Waals surface area contributed by atoms with Crippen molar-refractivity contribution < 1.29 is 13.9 Å². The van der Waals surface area contributed by atoms with Gasteiger partial charge in [-0.05, 0) is 24.5 Å². The van der Waals surface area contributed by atoms with Crippen molar-refractivity contribution in [2.75, 3.05) is 13.2 Å². The SMILES string of the molecule is CC(C)CC(CN)NC(=O)CCOc1ccccc1F.Cl. The van der Waals surface area contributed by atoms with Gasteiger partial charge in [-0.15, -0.1) is 12.4 Å². The molecule has 1 amide bonds. The molecule has 1 rings (SSSR count). The van der Waals surface area contributed by atoms with E-state index in [0.717, 1.165) is 6.42 Å². The van der Waals surface area contributed by atoms with Gasteiger partial charge >= 0.3 is 0 Å². The van der Waals surface area contributed by atoms with Crippen LogP contribution in [0.1, 0.15) is 26.7 Å². The fraction of sp³-hybridized carbons (Fsp3) is 0.533. The molecule has 0 radical (unpaired) electrons. The Morgan fingerprint density at radius 1 is 1.38 bits per heavy atom. The van der Waals surface area contributed by atoms with Crippen LogP contribution in [0.4, 0.5) is 4.39 Å². The van der Waals surface area contributed by atoms with Gasteiger partial charge in [-0.25, -0.2) is 4.39 Å². The summed E-state index contributed by atoms with van der Waals surface area (Å²) in [4.78, 5) is 11.7. The van der Waals surface area contributed by atoms with Crippen LogP contribution < -0.4 is 15.8 Å². The number of para-hydroxylation sites is 1. The van der Waals surface area contributed by atoms with E-state index in [1.807, 2.05) is 0 Å². The average molecular weight is 319 g/mol. The van der Waals surface area contributed by atoms with Gasteiger partial charge in [-0.3, -0.25) is 4.79 Å². The van der Waals surface area contributed by atoms with Gasteiger partial charge in [0.1, 0.15) is 0 Å². The van der Waals surface area contributed by atoms with E-state index in [-0.39, 0.29) is 43.1 Å². The van der Waals surface area contributed by atoms with Crippen molar-refractivity contribution in [3.63, 3.8) is 0 Å². The predicted molar refractivity (Wildman–Crippen MR) is 84.2 cm³/mol. The number of nitrogens with one attached hydrogen (secondary N) is 1. The molecule has 0 aliphatic rings. The van der Waals surface area contributed by atoms with Crippen molar-refractivity contribution in [1.82, 2.24) is 5.32 Å². The second-order valence-electron chi connectivity index (χ2n) is 5.16. The molecule has 120 valence electrons. The molecule has 1 unspecified atom stereocenters. The Labute approximate surface area is 131 Å². The highest BCUT2D eigenvalue weighted by molar-refractivity contribution is 5.85. The zero-order valence-corrected chi connectivity index (χ0v) is 13.3. The van der Waals surface area contributed by atoms with E-state index in [2.05, 4.69) is 19.2 Å². The number of rotatable bonds is 8. The van der Waals surface area contributed by atoms with Crippen molar-refractivity contribution in [3.05, 3.63) is 30.1 Å². The summed E-state index contributed by atoms with van der Waals surface area (Å²) in [5.41, 5.74) is 5.61. The molecule has 0 bridgehead atoms. The Morgan fingerprint density at radius 2 is 2.05 bits per heavy atom. The van der Waals surface area contributed by atoms with E-state index >= 15 is 0 Å². The van der Waals surface area contributed by atoms with Gasteiger partial charge in [0, 0.05) is 12.6 Å². The number of carbonyl (C=O) groups is 1. The zero-order valence-electron chi connectivity index (χ0n) is 12.5. The molecule has 1 aromatic carbocycles. The third kappa shape index (κ3) is 7.87. The van der Waals surface area contributed by atoms with Gasteiger partial charge in [0.05, 0.1) is 13.0 Å². The molecular weight excluding hydrogens is 295 g/mol. The Balaban J connectivity index is 0.00000400. The summed E-state index contributed by atoms with van der Waals surface area (Å²) in [6.07, 6.45) is 1.03. The highest BCUT2D eigenvalue weighted by Gasteiger charge is 2.12. The quantitative estimate of drug-likeness (QED) is 0.774. The van der Waals surface area contributed by atoms with Gasteiger partial charge < -0.3 is 15.8 Å². The van der Waals surface area contributed by atoms with Crippen LogP contribution in [0.2, 0.25) is 0 Å². The second-order valence-corrected chi connectivity index (χ2v) is 5.16. The summed E-state index contributed by atoms with van der Waals surface area (Å²) in [6.45, 7) is 4.72. The predicted octanol–water partition coefficient (Wildman–Crippen LogP) is 2.51. The number of carbonyl (C=O) groups excluding carboxylic acids is 1. The maximum Gasteiger partial charge on any atom is 0.223 e. The molecule has 0 heterocycles. The Hall–Kier alpha value is -1.33. The van der Waals surface area contributed by atoms with Crippen molar-refractivity contribution in [1.29, 1.82) is 0 Å². The van der Waals surface area contributed by atoms with E-state index in [0.29, 0.717) is 12.5 Å². The van der Waals surface area contributed by atoms with Crippen molar-refractivity contribution in [3.8, 4) is 5.75 Å². The minimum absolute atomic E-state index is 0. The molecule has 0 fully saturated rings. The van der Waals surface area contributed by atoms with Crippen molar-refractivity contribution >= 4 is 18.3 Å². The maximum absolute atomic E-state index is 13.3. The van der Waals surface area contributed by atoms with Crippen LogP contribution in [0.3, 0.4) is 0 Å². The lowest BCUT2D eigenvalue weighted by Gasteiger charge is -2.18. The van der Waals surface area contributed by atoms with Crippen LogP contribution in [0.5, 0.6) is 5.75 Å². The molecular formula is C15H24ClFN2O2. The molecule has 0 saturated carbocycles. The molecule has 0 saturated heterocycles. The first-order chi connectivity index (χ1) is 9.52. The summed E-state index contributed by atoms with van der Waals surface area (Å²) in [6, 6.07) is 6.12. The standard InChI is InChI=1S/C15H23FN2O2.ClH/c1-11(2)9-12(10-17)18-15(19)7-8-20-14-6-4-3-5-13(14)16;/h3-6,11-12H,7-10,17H2,1-2H3,(H,18,19);1H. The first kappa shape index (κ1) is 19.7. The van der Waals surface area contributed by atoms with Crippen LogP contribution in [0.15, 0.2) is 24.3 Å². The molecule has 4 nitrogen and oxygen atoms in total. The number of nitrogens with two attached hydrogens (primary N) is 1. The largest absolute Gasteiger partial charge is 0.490 e. The summed E-state index contributed by atoms with van der Waals surface area (Å²) in [5, 5.41) is 2.86. The molecule has 0 aliphatic carbocycles. The summed E-state index contributed by atoms with van der Waals surface area (Å²) < 4.78 is 18.5. The molecule has 1 atom stereocenters. The minimum atomic E-state index is -0.424. The number of ether oxygens (including phenoxy) is 1. The maximum atomic E-state index is 13.3. The summed E-state index contributed by atoms with van der Waals surface area (Å²) in [5.74, 6) is 0.0846. The molecule has 3 N–H and O–H groups in total. The third-order valence-electron chi connectivity index (χ3n) is 2.83.